The molecular formula is C34H53N5O10S. The van der Waals surface area contributed by atoms with Crippen molar-refractivity contribution in [3.05, 3.63) is 16.8 Å². The number of carbonyl (C=O) groups is 2. The molecule has 1 saturated heterocycles. The largest absolute Gasteiger partial charge is 0.480 e. The van der Waals surface area contributed by atoms with Gasteiger partial charge in [0.1, 0.15) is 30.0 Å². The first-order chi connectivity index (χ1) is 24.4. The lowest BCUT2D eigenvalue weighted by atomic mass is 9.91. The summed E-state index contributed by atoms with van der Waals surface area (Å²) in [7, 11) is 0. The Morgan fingerprint density at radius 1 is 0.860 bits per heavy atom. The third-order valence-electron chi connectivity index (χ3n) is 9.64. The lowest BCUT2D eigenvalue weighted by Gasteiger charge is -2.41. The summed E-state index contributed by atoms with van der Waals surface area (Å²) in [6, 6.07) is 0.572. The van der Waals surface area contributed by atoms with Crippen molar-refractivity contribution < 1.29 is 48.2 Å². The van der Waals surface area contributed by atoms with Crippen LogP contribution in [0.2, 0.25) is 0 Å². The van der Waals surface area contributed by atoms with Crippen molar-refractivity contribution >= 4 is 33.4 Å². The molecule has 2 aromatic rings. The Labute approximate surface area is 297 Å². The van der Waals surface area contributed by atoms with Gasteiger partial charge in [-0.1, -0.05) is 0 Å². The van der Waals surface area contributed by atoms with Gasteiger partial charge in [0.05, 0.1) is 64.8 Å². The van der Waals surface area contributed by atoms with Crippen LogP contribution in [0.5, 0.6) is 5.88 Å². The van der Waals surface area contributed by atoms with Gasteiger partial charge in [-0.15, -0.1) is 11.3 Å². The van der Waals surface area contributed by atoms with E-state index >= 15 is 0 Å². The lowest BCUT2D eigenvalue weighted by molar-refractivity contribution is -0.142. The fraction of sp³-hybridized carbons (Fsp3) is 0.765. The molecule has 1 saturated carbocycles. The van der Waals surface area contributed by atoms with Gasteiger partial charge in [-0.3, -0.25) is 14.6 Å². The molecule has 0 unspecified atom stereocenters. The number of carboxylic acid groups (broad SMARTS) is 1. The predicted molar refractivity (Wildman–Crippen MR) is 185 cm³/mol. The number of aliphatic hydroxyl groups excluding tert-OH is 1. The zero-order valence-corrected chi connectivity index (χ0v) is 29.7. The van der Waals surface area contributed by atoms with E-state index in [9.17, 15) is 14.7 Å². The summed E-state index contributed by atoms with van der Waals surface area (Å²) in [6.45, 7) is 9.01. The van der Waals surface area contributed by atoms with Crippen molar-refractivity contribution in [2.24, 2.45) is 5.73 Å². The molecule has 5 rings (SSSR count). The van der Waals surface area contributed by atoms with Crippen LogP contribution < -0.4 is 10.5 Å². The Hall–Kier alpha value is -2.54. The quantitative estimate of drug-likeness (QED) is 0.140. The van der Waals surface area contributed by atoms with Crippen molar-refractivity contribution in [1.29, 1.82) is 0 Å². The minimum Gasteiger partial charge on any atom is -0.480 e. The van der Waals surface area contributed by atoms with E-state index < -0.39 is 18.0 Å². The van der Waals surface area contributed by atoms with Gasteiger partial charge >= 0.3 is 5.97 Å². The van der Waals surface area contributed by atoms with E-state index in [2.05, 4.69) is 19.8 Å². The zero-order valence-electron chi connectivity index (χ0n) is 28.9. The van der Waals surface area contributed by atoms with Crippen LogP contribution in [0.15, 0.2) is 6.33 Å². The Morgan fingerprint density at radius 3 is 2.10 bits per heavy atom. The lowest BCUT2D eigenvalue weighted by Crippen LogP contribution is -2.52. The minimum atomic E-state index is -1.16. The van der Waals surface area contributed by atoms with Crippen molar-refractivity contribution in [1.82, 2.24) is 19.8 Å². The number of hydrogen-bond acceptors (Lipinski definition) is 14. The number of piperazine rings is 1. The van der Waals surface area contributed by atoms with Gasteiger partial charge in [-0.05, 0) is 56.4 Å². The highest BCUT2D eigenvalue weighted by atomic mass is 32.1. The van der Waals surface area contributed by atoms with E-state index in [1.54, 1.807) is 17.7 Å². The number of fused-ring (bicyclic) bond motifs is 3. The zero-order chi connectivity index (χ0) is 35.1. The van der Waals surface area contributed by atoms with Crippen LogP contribution in [0.1, 0.15) is 54.9 Å². The van der Waals surface area contributed by atoms with E-state index in [-0.39, 0.29) is 25.2 Å². The number of aromatic nitrogens is 2. The summed E-state index contributed by atoms with van der Waals surface area (Å²) < 4.78 is 33.5. The van der Waals surface area contributed by atoms with Crippen LogP contribution in [0.4, 0.5) is 0 Å². The number of thiophene rings is 1. The highest BCUT2D eigenvalue weighted by molar-refractivity contribution is 7.19. The maximum absolute atomic E-state index is 11.5. The van der Waals surface area contributed by atoms with Crippen LogP contribution in [-0.2, 0) is 39.7 Å². The van der Waals surface area contributed by atoms with Gasteiger partial charge in [0.15, 0.2) is 0 Å². The molecule has 2 atom stereocenters. The Bertz CT molecular complexity index is 1330. The van der Waals surface area contributed by atoms with Crippen LogP contribution in [0.3, 0.4) is 0 Å². The third kappa shape index (κ3) is 11.7. The number of carbonyl (C=O) groups excluding carboxylic acids is 1. The average Bonchev–Trinajstić information content (AvgIpc) is 3.68. The number of aliphatic hydroxyl groups is 1. The van der Waals surface area contributed by atoms with Gasteiger partial charge < -0.3 is 44.4 Å². The molecule has 2 aliphatic carbocycles. The molecule has 3 heterocycles. The fourth-order valence-corrected chi connectivity index (χ4v) is 8.25. The highest BCUT2D eigenvalue weighted by Crippen LogP contribution is 2.47. The summed E-state index contributed by atoms with van der Waals surface area (Å²) in [5.74, 6) is -0.996. The molecule has 15 nitrogen and oxygen atoms in total. The molecule has 1 aliphatic heterocycles. The monoisotopic (exact) mass is 723 g/mol. The molecule has 50 heavy (non-hydrogen) atoms. The fourth-order valence-electron chi connectivity index (χ4n) is 7.02. The maximum atomic E-state index is 11.5. The molecule has 3 aliphatic rings. The summed E-state index contributed by atoms with van der Waals surface area (Å²) in [5.41, 5.74) is 6.48. The van der Waals surface area contributed by atoms with Crippen molar-refractivity contribution in [2.45, 2.75) is 69.1 Å². The summed E-state index contributed by atoms with van der Waals surface area (Å²) in [6.07, 6.45) is 6.79. The second-order valence-electron chi connectivity index (χ2n) is 13.0. The second-order valence-corrected chi connectivity index (χ2v) is 14.1. The molecule has 4 N–H and O–H groups in total. The van der Waals surface area contributed by atoms with Crippen molar-refractivity contribution in [2.75, 3.05) is 98.8 Å². The van der Waals surface area contributed by atoms with Crippen LogP contribution >= 0.6 is 11.3 Å². The number of carboxylic acids is 1. The van der Waals surface area contributed by atoms with E-state index in [0.717, 1.165) is 87.0 Å². The normalized spacial score (nSPS) is 22.1. The van der Waals surface area contributed by atoms with Crippen molar-refractivity contribution in [3.8, 4) is 5.88 Å². The van der Waals surface area contributed by atoms with E-state index in [0.29, 0.717) is 71.2 Å². The Kier molecular flexibility index (Phi) is 15.9. The van der Waals surface area contributed by atoms with Gasteiger partial charge in [-0.2, -0.15) is 0 Å². The first-order valence-electron chi connectivity index (χ1n) is 17.9. The topological polar surface area (TPSA) is 188 Å². The van der Waals surface area contributed by atoms with Gasteiger partial charge in [-0.25, -0.2) is 14.8 Å². The number of rotatable bonds is 23. The SMILES string of the molecule is NC(=O)[C@@H](O)C[C@H]1CCc2sc3ncnc(OC4CCC(N5CCN(CCOCCOCCOCCOCCOCC(=O)O)CC5)CC4)c3c21. The predicted octanol–water partition coefficient (Wildman–Crippen LogP) is 1.43. The summed E-state index contributed by atoms with van der Waals surface area (Å²) >= 11 is 1.66. The molecule has 16 heteroatoms. The van der Waals surface area contributed by atoms with Gasteiger partial charge in [0, 0.05) is 43.6 Å². The van der Waals surface area contributed by atoms with Crippen LogP contribution in [-0.4, -0.2) is 159 Å². The number of nitrogens with two attached hydrogens (primary N) is 1. The Morgan fingerprint density at radius 2 is 1.48 bits per heavy atom. The minimum absolute atomic E-state index is 0.0481. The second kappa shape index (κ2) is 20.5. The number of primary amides is 1. The van der Waals surface area contributed by atoms with Crippen LogP contribution in [0.25, 0.3) is 10.2 Å². The first kappa shape index (κ1) is 38.7. The number of amides is 1. The van der Waals surface area contributed by atoms with Gasteiger partial charge in [0.25, 0.3) is 0 Å². The smallest absolute Gasteiger partial charge is 0.329 e. The van der Waals surface area contributed by atoms with Crippen molar-refractivity contribution in [3.63, 3.8) is 0 Å². The molecule has 0 radical (unpaired) electrons. The average molecular weight is 724 g/mol. The number of aliphatic carboxylic acids is 1. The number of ether oxygens (including phenoxy) is 6. The van der Waals surface area contributed by atoms with E-state index in [1.165, 1.54) is 4.88 Å². The summed E-state index contributed by atoms with van der Waals surface area (Å²) in [4.78, 5) is 38.2. The Balaban J connectivity index is 0.898. The molecular weight excluding hydrogens is 670 g/mol. The number of hydrogen-bond donors (Lipinski definition) is 3. The molecule has 2 fully saturated rings. The first-order valence-corrected chi connectivity index (χ1v) is 18.7. The maximum Gasteiger partial charge on any atom is 0.329 e. The van der Waals surface area contributed by atoms with Gasteiger partial charge in [0.2, 0.25) is 11.8 Å². The van der Waals surface area contributed by atoms with Crippen LogP contribution in [0, 0.1) is 0 Å². The standard InChI is InChI=1S/C34H53N5O10S/c35-32(43)27(40)21-24-1-6-28-30(24)31-33(36-23-37-34(31)50-28)49-26-4-2-25(3-5-26)39-9-7-38(8-10-39)11-12-44-13-14-45-15-16-46-17-18-47-19-20-48-22-29(41)42/h23-27,40H,1-22H2,(H2,35,43)(H,41,42)/t24-,25?,26?,27+/m1/s1. The molecule has 0 spiro atoms. The molecule has 2 aromatic heterocycles. The molecule has 1 amide bonds. The molecule has 0 bridgehead atoms. The number of aryl methyl sites for hydroxylation is 1. The summed E-state index contributed by atoms with van der Waals surface area (Å²) in [5, 5.41) is 19.6. The highest BCUT2D eigenvalue weighted by Gasteiger charge is 2.34. The molecule has 280 valence electrons. The van der Waals surface area contributed by atoms with E-state index in [4.69, 9.17) is 39.3 Å². The number of nitrogens with zero attached hydrogens (tertiary/aromatic N) is 4. The van der Waals surface area contributed by atoms with E-state index in [1.807, 2.05) is 0 Å². The third-order valence-corrected chi connectivity index (χ3v) is 10.8. The molecule has 0 aromatic carbocycles.